The van der Waals surface area contributed by atoms with Gasteiger partial charge < -0.3 is 10.4 Å². The van der Waals surface area contributed by atoms with E-state index in [0.29, 0.717) is 11.6 Å². The molecule has 7 heteroatoms. The Labute approximate surface area is 135 Å². The van der Waals surface area contributed by atoms with Crippen LogP contribution in [-0.2, 0) is 9.59 Å². The van der Waals surface area contributed by atoms with Crippen molar-refractivity contribution >= 4 is 35.9 Å². The Bertz CT molecular complexity index is 466. The number of carboxylic acid groups (broad SMARTS) is 1. The summed E-state index contributed by atoms with van der Waals surface area (Å²) in [7, 11) is 1.72. The minimum absolute atomic E-state index is 0. The molecule has 0 spiro atoms. The Morgan fingerprint density at radius 3 is 2.43 bits per heavy atom. The molecule has 5 nitrogen and oxygen atoms in total. The zero-order chi connectivity index (χ0) is 15.1. The standard InChI is InChI=1S/C14H19ClN2O3.ClH/c1-10(11-3-5-12(15)6-4-11)16-13(18)9-17(2)8-7-14(19)20;/h3-6,10H,7-9H2,1-2H3,(H,16,18)(H,19,20);1H. The van der Waals surface area contributed by atoms with Crippen molar-refractivity contribution in [1.29, 1.82) is 0 Å². The summed E-state index contributed by atoms with van der Waals surface area (Å²) in [6.45, 7) is 2.40. The van der Waals surface area contributed by atoms with Crippen LogP contribution < -0.4 is 5.32 Å². The predicted molar refractivity (Wildman–Crippen MR) is 85.0 cm³/mol. The number of carboxylic acids is 1. The first-order chi connectivity index (χ1) is 9.38. The average Bonchev–Trinajstić information content (AvgIpc) is 2.36. The average molecular weight is 335 g/mol. The molecule has 0 aromatic heterocycles. The lowest BCUT2D eigenvalue weighted by molar-refractivity contribution is -0.137. The molecule has 0 aliphatic heterocycles. The van der Waals surface area contributed by atoms with Gasteiger partial charge in [-0.3, -0.25) is 14.5 Å². The fraction of sp³-hybridized carbons (Fsp3) is 0.429. The maximum atomic E-state index is 11.8. The molecule has 1 aromatic carbocycles. The molecule has 0 aliphatic rings. The number of rotatable bonds is 7. The zero-order valence-electron chi connectivity index (χ0n) is 12.0. The van der Waals surface area contributed by atoms with E-state index in [1.54, 1.807) is 24.1 Å². The fourth-order valence-electron chi connectivity index (χ4n) is 1.73. The number of nitrogens with one attached hydrogen (secondary N) is 1. The van der Waals surface area contributed by atoms with Gasteiger partial charge in [-0.25, -0.2) is 0 Å². The van der Waals surface area contributed by atoms with Gasteiger partial charge in [0.1, 0.15) is 0 Å². The fourth-order valence-corrected chi connectivity index (χ4v) is 1.86. The molecule has 0 fully saturated rings. The molecule has 0 heterocycles. The van der Waals surface area contributed by atoms with Crippen molar-refractivity contribution in [3.05, 3.63) is 34.9 Å². The molecular weight excluding hydrogens is 315 g/mol. The molecule has 21 heavy (non-hydrogen) atoms. The van der Waals surface area contributed by atoms with Gasteiger partial charge in [0.05, 0.1) is 19.0 Å². The number of hydrogen-bond donors (Lipinski definition) is 2. The van der Waals surface area contributed by atoms with Crippen LogP contribution in [0.5, 0.6) is 0 Å². The minimum atomic E-state index is -0.869. The van der Waals surface area contributed by atoms with Crippen molar-refractivity contribution in [3.63, 3.8) is 0 Å². The van der Waals surface area contributed by atoms with Crippen LogP contribution in [0.1, 0.15) is 24.9 Å². The van der Waals surface area contributed by atoms with Crippen LogP contribution in [-0.4, -0.2) is 42.0 Å². The summed E-state index contributed by atoms with van der Waals surface area (Å²) < 4.78 is 0. The molecular formula is C14H20Cl2N2O3. The largest absolute Gasteiger partial charge is 0.481 e. The number of halogens is 2. The highest BCUT2D eigenvalue weighted by Crippen LogP contribution is 2.15. The highest BCUT2D eigenvalue weighted by atomic mass is 35.5. The van der Waals surface area contributed by atoms with Gasteiger partial charge in [-0.15, -0.1) is 12.4 Å². The Balaban J connectivity index is 0.00000400. The van der Waals surface area contributed by atoms with E-state index in [9.17, 15) is 9.59 Å². The van der Waals surface area contributed by atoms with Crippen LogP contribution in [0, 0.1) is 0 Å². The number of carbonyl (C=O) groups excluding carboxylic acids is 1. The summed E-state index contributed by atoms with van der Waals surface area (Å²) in [4.78, 5) is 23.9. The van der Waals surface area contributed by atoms with E-state index >= 15 is 0 Å². The van der Waals surface area contributed by atoms with Crippen LogP contribution in [0.4, 0.5) is 0 Å². The van der Waals surface area contributed by atoms with Crippen molar-refractivity contribution < 1.29 is 14.7 Å². The number of likely N-dealkylation sites (N-methyl/N-ethyl adjacent to an activating group) is 1. The molecule has 0 radical (unpaired) electrons. The van der Waals surface area contributed by atoms with Gasteiger partial charge in [0, 0.05) is 11.6 Å². The Kier molecular flexibility index (Phi) is 9.01. The SMILES string of the molecule is CC(NC(=O)CN(C)CCC(=O)O)c1ccc(Cl)cc1.Cl. The summed E-state index contributed by atoms with van der Waals surface area (Å²) >= 11 is 5.81. The second-order valence-corrected chi connectivity index (χ2v) is 5.16. The number of carbonyl (C=O) groups is 2. The number of aliphatic carboxylic acids is 1. The molecule has 1 amide bonds. The number of amides is 1. The lowest BCUT2D eigenvalue weighted by Crippen LogP contribution is -2.37. The quantitative estimate of drug-likeness (QED) is 0.802. The first-order valence-electron chi connectivity index (χ1n) is 6.33. The van der Waals surface area contributed by atoms with Gasteiger partial charge in [-0.1, -0.05) is 23.7 Å². The van der Waals surface area contributed by atoms with Crippen LogP contribution in [0.25, 0.3) is 0 Å². The molecule has 0 bridgehead atoms. The Morgan fingerprint density at radius 1 is 1.33 bits per heavy atom. The topological polar surface area (TPSA) is 69.6 Å². The van der Waals surface area contributed by atoms with Crippen LogP contribution in [0.2, 0.25) is 5.02 Å². The van der Waals surface area contributed by atoms with Crippen LogP contribution in [0.3, 0.4) is 0 Å². The highest BCUT2D eigenvalue weighted by Gasteiger charge is 2.12. The third-order valence-electron chi connectivity index (χ3n) is 2.87. The summed E-state index contributed by atoms with van der Waals surface area (Å²) in [5, 5.41) is 12.1. The van der Waals surface area contributed by atoms with Crippen molar-refractivity contribution in [1.82, 2.24) is 10.2 Å². The Morgan fingerprint density at radius 2 is 1.90 bits per heavy atom. The van der Waals surface area contributed by atoms with Gasteiger partial charge in [0.25, 0.3) is 0 Å². The smallest absolute Gasteiger partial charge is 0.304 e. The predicted octanol–water partition coefficient (Wildman–Crippen LogP) is 2.35. The van der Waals surface area contributed by atoms with Gasteiger partial charge in [-0.05, 0) is 31.7 Å². The molecule has 0 saturated heterocycles. The summed E-state index contributed by atoms with van der Waals surface area (Å²) in [5.41, 5.74) is 0.968. The summed E-state index contributed by atoms with van der Waals surface area (Å²) in [6.07, 6.45) is 0.0243. The molecule has 1 unspecified atom stereocenters. The van der Waals surface area contributed by atoms with E-state index in [4.69, 9.17) is 16.7 Å². The monoisotopic (exact) mass is 334 g/mol. The molecule has 2 N–H and O–H groups in total. The van der Waals surface area contributed by atoms with E-state index < -0.39 is 5.97 Å². The van der Waals surface area contributed by atoms with E-state index in [-0.39, 0.29) is 37.3 Å². The maximum Gasteiger partial charge on any atom is 0.304 e. The van der Waals surface area contributed by atoms with Gasteiger partial charge in [0.15, 0.2) is 0 Å². The number of nitrogens with zero attached hydrogens (tertiary/aromatic N) is 1. The van der Waals surface area contributed by atoms with Crippen molar-refractivity contribution in [3.8, 4) is 0 Å². The summed E-state index contributed by atoms with van der Waals surface area (Å²) in [6, 6.07) is 7.16. The molecule has 1 atom stereocenters. The number of benzene rings is 1. The van der Waals surface area contributed by atoms with Crippen molar-refractivity contribution in [2.75, 3.05) is 20.1 Å². The highest BCUT2D eigenvalue weighted by molar-refractivity contribution is 6.30. The van der Waals surface area contributed by atoms with Gasteiger partial charge >= 0.3 is 5.97 Å². The lowest BCUT2D eigenvalue weighted by atomic mass is 10.1. The molecule has 0 aliphatic carbocycles. The van der Waals surface area contributed by atoms with Crippen molar-refractivity contribution in [2.24, 2.45) is 0 Å². The van der Waals surface area contributed by atoms with E-state index in [0.717, 1.165) is 5.56 Å². The van der Waals surface area contributed by atoms with Gasteiger partial charge in [0.2, 0.25) is 5.91 Å². The molecule has 118 valence electrons. The minimum Gasteiger partial charge on any atom is -0.481 e. The normalized spacial score (nSPS) is 11.6. The molecule has 1 aromatic rings. The van der Waals surface area contributed by atoms with Crippen LogP contribution >= 0.6 is 24.0 Å². The van der Waals surface area contributed by atoms with E-state index in [1.165, 1.54) is 0 Å². The van der Waals surface area contributed by atoms with E-state index in [1.807, 2.05) is 19.1 Å². The third kappa shape index (κ3) is 7.90. The maximum absolute atomic E-state index is 11.8. The van der Waals surface area contributed by atoms with E-state index in [2.05, 4.69) is 5.32 Å². The first kappa shape index (κ1) is 19.7. The molecule has 0 saturated carbocycles. The number of hydrogen-bond acceptors (Lipinski definition) is 3. The zero-order valence-corrected chi connectivity index (χ0v) is 13.6. The third-order valence-corrected chi connectivity index (χ3v) is 3.12. The summed E-state index contributed by atoms with van der Waals surface area (Å²) in [5.74, 6) is -1.01. The second-order valence-electron chi connectivity index (χ2n) is 4.72. The van der Waals surface area contributed by atoms with Gasteiger partial charge in [-0.2, -0.15) is 0 Å². The second kappa shape index (κ2) is 9.60. The van der Waals surface area contributed by atoms with Crippen molar-refractivity contribution in [2.45, 2.75) is 19.4 Å². The molecule has 1 rings (SSSR count). The Hall–Kier alpha value is -1.30. The first-order valence-corrected chi connectivity index (χ1v) is 6.71. The van der Waals surface area contributed by atoms with Crippen LogP contribution in [0.15, 0.2) is 24.3 Å². The lowest BCUT2D eigenvalue weighted by Gasteiger charge is -2.18.